The Morgan fingerprint density at radius 2 is 1.93 bits per heavy atom. The van der Waals surface area contributed by atoms with Gasteiger partial charge in [-0.1, -0.05) is 30.3 Å². The zero-order valence-electron chi connectivity index (χ0n) is 8.47. The molecule has 1 aliphatic heterocycles. The molecule has 0 bridgehead atoms. The molecule has 0 radical (unpaired) electrons. The molecule has 1 heterocycles. The van der Waals surface area contributed by atoms with Gasteiger partial charge in [0.05, 0.1) is 0 Å². The molecule has 0 amide bonds. The van der Waals surface area contributed by atoms with Gasteiger partial charge in [-0.25, -0.2) is 4.39 Å². The normalized spacial score (nSPS) is 19.1. The van der Waals surface area contributed by atoms with Crippen LogP contribution in [-0.4, -0.2) is 30.7 Å². The molecule has 0 saturated carbocycles. The highest BCUT2D eigenvalue weighted by Crippen LogP contribution is 2.16. The van der Waals surface area contributed by atoms with Gasteiger partial charge in [0.25, 0.3) is 0 Å². The highest BCUT2D eigenvalue weighted by atomic mass is 35.5. The molecule has 4 heteroatoms. The molecule has 2 N–H and O–H groups in total. The molecule has 1 atom stereocenters. The molecule has 2 nitrogen and oxygen atoms in total. The van der Waals surface area contributed by atoms with Gasteiger partial charge in [0, 0.05) is 25.7 Å². The maximum absolute atomic E-state index is 12.5. The molecule has 0 spiro atoms. The van der Waals surface area contributed by atoms with Gasteiger partial charge < -0.3 is 5.73 Å². The summed E-state index contributed by atoms with van der Waals surface area (Å²) in [4.78, 5) is 2.04. The number of nitrogens with zero attached hydrogens (tertiary/aromatic N) is 1. The van der Waals surface area contributed by atoms with E-state index < -0.39 is 6.17 Å². The van der Waals surface area contributed by atoms with Gasteiger partial charge in [0.2, 0.25) is 0 Å². The van der Waals surface area contributed by atoms with Crippen LogP contribution in [0.1, 0.15) is 11.6 Å². The Morgan fingerprint density at radius 1 is 1.33 bits per heavy atom. The lowest BCUT2D eigenvalue weighted by Crippen LogP contribution is -2.50. The molecule has 1 fully saturated rings. The lowest BCUT2D eigenvalue weighted by atomic mass is 10.1. The van der Waals surface area contributed by atoms with Crippen molar-refractivity contribution in [2.75, 3.05) is 19.6 Å². The lowest BCUT2D eigenvalue weighted by molar-refractivity contribution is 0.0606. The number of hydrogen-bond acceptors (Lipinski definition) is 2. The number of benzene rings is 1. The summed E-state index contributed by atoms with van der Waals surface area (Å²) in [5.74, 6) is 0. The lowest BCUT2D eigenvalue weighted by Gasteiger charge is -2.36. The van der Waals surface area contributed by atoms with Crippen LogP contribution in [0.25, 0.3) is 0 Å². The summed E-state index contributed by atoms with van der Waals surface area (Å²) in [6.07, 6.45) is -0.641. The van der Waals surface area contributed by atoms with Gasteiger partial charge >= 0.3 is 0 Å². The van der Waals surface area contributed by atoms with Gasteiger partial charge in [-0.15, -0.1) is 12.4 Å². The SMILES string of the molecule is Cl.N[C@H](CN1CC(F)C1)c1ccccc1. The van der Waals surface area contributed by atoms with E-state index in [1.165, 1.54) is 0 Å². The second-order valence-corrected chi connectivity index (χ2v) is 3.83. The number of nitrogens with two attached hydrogens (primary N) is 1. The summed E-state index contributed by atoms with van der Waals surface area (Å²) in [6.45, 7) is 1.84. The zero-order valence-corrected chi connectivity index (χ0v) is 9.29. The van der Waals surface area contributed by atoms with E-state index in [-0.39, 0.29) is 18.4 Å². The van der Waals surface area contributed by atoms with E-state index in [1.54, 1.807) is 0 Å². The van der Waals surface area contributed by atoms with Crippen molar-refractivity contribution in [2.45, 2.75) is 12.2 Å². The third-order valence-corrected chi connectivity index (χ3v) is 2.60. The summed E-state index contributed by atoms with van der Waals surface area (Å²) in [5.41, 5.74) is 7.11. The number of rotatable bonds is 3. The predicted molar refractivity (Wildman–Crippen MR) is 62.0 cm³/mol. The van der Waals surface area contributed by atoms with E-state index in [2.05, 4.69) is 0 Å². The maximum atomic E-state index is 12.5. The average molecular weight is 231 g/mol. The Labute approximate surface area is 95.7 Å². The fourth-order valence-corrected chi connectivity index (χ4v) is 1.74. The smallest absolute Gasteiger partial charge is 0.125 e. The second-order valence-electron chi connectivity index (χ2n) is 3.83. The summed E-state index contributed by atoms with van der Waals surface area (Å²) in [5, 5.41) is 0. The van der Waals surface area contributed by atoms with Gasteiger partial charge in [-0.2, -0.15) is 0 Å². The fraction of sp³-hybridized carbons (Fsp3) is 0.455. The van der Waals surface area contributed by atoms with Crippen molar-refractivity contribution in [3.63, 3.8) is 0 Å². The van der Waals surface area contributed by atoms with Crippen molar-refractivity contribution in [1.29, 1.82) is 0 Å². The summed E-state index contributed by atoms with van der Waals surface area (Å²) in [6, 6.07) is 9.95. The molecule has 1 aromatic carbocycles. The molecule has 0 aromatic heterocycles. The molecule has 0 aliphatic carbocycles. The fourth-order valence-electron chi connectivity index (χ4n) is 1.74. The Morgan fingerprint density at radius 3 is 2.47 bits per heavy atom. The van der Waals surface area contributed by atoms with Crippen LogP contribution >= 0.6 is 12.4 Å². The topological polar surface area (TPSA) is 29.3 Å². The number of alkyl halides is 1. The van der Waals surface area contributed by atoms with E-state index in [0.717, 1.165) is 12.1 Å². The van der Waals surface area contributed by atoms with Crippen molar-refractivity contribution in [1.82, 2.24) is 4.90 Å². The minimum Gasteiger partial charge on any atom is -0.323 e. The molecule has 1 saturated heterocycles. The number of hydrogen-bond donors (Lipinski definition) is 1. The van der Waals surface area contributed by atoms with Crippen molar-refractivity contribution >= 4 is 12.4 Å². The van der Waals surface area contributed by atoms with Crippen LogP contribution in [0, 0.1) is 0 Å². The van der Waals surface area contributed by atoms with E-state index in [1.807, 2.05) is 35.2 Å². The molecular formula is C11H16ClFN2. The van der Waals surface area contributed by atoms with Gasteiger partial charge in [0.15, 0.2) is 0 Å². The molecule has 1 aromatic rings. The van der Waals surface area contributed by atoms with Crippen LogP contribution < -0.4 is 5.73 Å². The first kappa shape index (κ1) is 12.4. The number of likely N-dealkylation sites (tertiary alicyclic amines) is 1. The van der Waals surface area contributed by atoms with Crippen molar-refractivity contribution < 1.29 is 4.39 Å². The van der Waals surface area contributed by atoms with Crippen LogP contribution in [0.2, 0.25) is 0 Å². The van der Waals surface area contributed by atoms with Crippen LogP contribution in [0.4, 0.5) is 4.39 Å². The molecule has 1 aliphatic rings. The van der Waals surface area contributed by atoms with Crippen molar-refractivity contribution in [3.05, 3.63) is 35.9 Å². The van der Waals surface area contributed by atoms with E-state index in [4.69, 9.17) is 5.73 Å². The highest BCUT2D eigenvalue weighted by Gasteiger charge is 2.27. The predicted octanol–water partition coefficient (Wildman–Crippen LogP) is 1.76. The van der Waals surface area contributed by atoms with E-state index >= 15 is 0 Å². The maximum Gasteiger partial charge on any atom is 0.125 e. The quantitative estimate of drug-likeness (QED) is 0.858. The van der Waals surface area contributed by atoms with Crippen LogP contribution in [0.15, 0.2) is 30.3 Å². The summed E-state index contributed by atoms with van der Waals surface area (Å²) >= 11 is 0. The Bertz CT molecular complexity index is 288. The first-order valence-corrected chi connectivity index (χ1v) is 4.92. The third-order valence-electron chi connectivity index (χ3n) is 2.60. The van der Waals surface area contributed by atoms with Crippen LogP contribution in [0.5, 0.6) is 0 Å². The molecule has 0 unspecified atom stereocenters. The van der Waals surface area contributed by atoms with Gasteiger partial charge in [-0.3, -0.25) is 4.90 Å². The zero-order chi connectivity index (χ0) is 9.97. The molecule has 84 valence electrons. The van der Waals surface area contributed by atoms with Gasteiger partial charge in [0.1, 0.15) is 6.17 Å². The minimum atomic E-state index is -0.641. The standard InChI is InChI=1S/C11H15FN2.ClH/c12-10-6-14(7-10)8-11(13)9-4-2-1-3-5-9;/h1-5,10-11H,6-8,13H2;1H/t11-;/m1./s1. The monoisotopic (exact) mass is 230 g/mol. The largest absolute Gasteiger partial charge is 0.323 e. The van der Waals surface area contributed by atoms with Gasteiger partial charge in [-0.05, 0) is 5.56 Å². The first-order valence-electron chi connectivity index (χ1n) is 4.92. The Kier molecular flexibility index (Phi) is 4.51. The molecule has 2 rings (SSSR count). The second kappa shape index (κ2) is 5.45. The first-order chi connectivity index (χ1) is 6.75. The Balaban J connectivity index is 0.00000112. The van der Waals surface area contributed by atoms with Crippen molar-refractivity contribution in [3.8, 4) is 0 Å². The van der Waals surface area contributed by atoms with E-state index in [9.17, 15) is 4.39 Å². The van der Waals surface area contributed by atoms with Crippen molar-refractivity contribution in [2.24, 2.45) is 5.73 Å². The Hall–Kier alpha value is -0.640. The van der Waals surface area contributed by atoms with Crippen LogP contribution in [0.3, 0.4) is 0 Å². The van der Waals surface area contributed by atoms with E-state index in [0.29, 0.717) is 13.1 Å². The molecule has 15 heavy (non-hydrogen) atoms. The summed E-state index contributed by atoms with van der Waals surface area (Å²) in [7, 11) is 0. The highest BCUT2D eigenvalue weighted by molar-refractivity contribution is 5.85. The summed E-state index contributed by atoms with van der Waals surface area (Å²) < 4.78 is 12.5. The minimum absolute atomic E-state index is 0. The number of halogens is 2. The average Bonchev–Trinajstić information content (AvgIpc) is 2.17. The third kappa shape index (κ3) is 3.16. The van der Waals surface area contributed by atoms with Crippen LogP contribution in [-0.2, 0) is 0 Å². The molecular weight excluding hydrogens is 215 g/mol.